The van der Waals surface area contributed by atoms with Crippen molar-refractivity contribution < 1.29 is 18.5 Å². The Balaban J connectivity index is 0.000000187. The second kappa shape index (κ2) is 11.7. The Morgan fingerprint density at radius 1 is 1.06 bits per heavy atom. The molecule has 188 valence electrons. The molecule has 1 atom stereocenters. The van der Waals surface area contributed by atoms with Crippen molar-refractivity contribution >= 4 is 44.8 Å². The lowest BCUT2D eigenvalue weighted by molar-refractivity contribution is -0.117. The largest absolute Gasteiger partial charge is 0.497 e. The highest BCUT2D eigenvalue weighted by Crippen LogP contribution is 2.32. The normalized spacial score (nSPS) is 13.3. The Labute approximate surface area is 212 Å². The molecule has 0 bridgehead atoms. The Morgan fingerprint density at radius 3 is 2.47 bits per heavy atom. The second-order valence-corrected chi connectivity index (χ2v) is 9.97. The van der Waals surface area contributed by atoms with Crippen LogP contribution < -0.4 is 20.1 Å². The van der Waals surface area contributed by atoms with Crippen molar-refractivity contribution in [3.8, 4) is 11.5 Å². The molecule has 0 radical (unpaired) electrons. The first-order valence-corrected chi connectivity index (χ1v) is 13.1. The molecule has 1 fully saturated rings. The molecule has 8 nitrogen and oxygen atoms in total. The van der Waals surface area contributed by atoms with E-state index in [1.165, 1.54) is 0 Å². The van der Waals surface area contributed by atoms with Crippen LogP contribution >= 0.6 is 0 Å². The number of nitrogens with one attached hydrogen (secondary N) is 3. The number of anilines is 3. The minimum absolute atomic E-state index is 0.134. The number of amides is 1. The van der Waals surface area contributed by atoms with Gasteiger partial charge in [0.1, 0.15) is 11.5 Å². The third-order valence-electron chi connectivity index (χ3n) is 5.73. The summed E-state index contributed by atoms with van der Waals surface area (Å²) in [5, 5.41) is 14.4. The summed E-state index contributed by atoms with van der Waals surface area (Å²) in [5.41, 5.74) is 2.59. The molecule has 0 saturated heterocycles. The van der Waals surface area contributed by atoms with Crippen molar-refractivity contribution in [1.82, 2.24) is 10.2 Å². The van der Waals surface area contributed by atoms with Crippen LogP contribution in [-0.4, -0.2) is 40.3 Å². The number of benzene rings is 3. The van der Waals surface area contributed by atoms with E-state index in [-0.39, 0.29) is 11.8 Å². The minimum Gasteiger partial charge on any atom is -0.497 e. The predicted molar refractivity (Wildman–Crippen MR) is 144 cm³/mol. The van der Waals surface area contributed by atoms with E-state index in [4.69, 9.17) is 9.47 Å². The monoisotopic (exact) mass is 506 g/mol. The van der Waals surface area contributed by atoms with Gasteiger partial charge in [0.15, 0.2) is 5.82 Å². The number of ether oxygens (including phenoxy) is 2. The molecular formula is C27H30N4O4S. The Morgan fingerprint density at radius 2 is 1.81 bits per heavy atom. The van der Waals surface area contributed by atoms with Gasteiger partial charge in [0, 0.05) is 27.6 Å². The molecule has 9 heteroatoms. The van der Waals surface area contributed by atoms with Crippen LogP contribution in [0.15, 0.2) is 71.6 Å². The van der Waals surface area contributed by atoms with E-state index < -0.39 is 10.8 Å². The van der Waals surface area contributed by atoms with Gasteiger partial charge in [-0.15, -0.1) is 0 Å². The van der Waals surface area contributed by atoms with Gasteiger partial charge in [0.25, 0.3) is 0 Å². The van der Waals surface area contributed by atoms with E-state index >= 15 is 0 Å². The second-order valence-electron chi connectivity index (χ2n) is 8.23. The van der Waals surface area contributed by atoms with E-state index in [9.17, 15) is 9.00 Å². The summed E-state index contributed by atoms with van der Waals surface area (Å²) in [4.78, 5) is 12.1. The topological polar surface area (TPSA) is 105 Å². The fourth-order valence-corrected chi connectivity index (χ4v) is 4.33. The summed E-state index contributed by atoms with van der Waals surface area (Å²) in [7, 11) is 2.22. The van der Waals surface area contributed by atoms with Crippen LogP contribution in [0.3, 0.4) is 0 Å². The first-order valence-electron chi connectivity index (χ1n) is 11.7. The Bertz CT molecular complexity index is 1350. The smallest absolute Gasteiger partial charge is 0.227 e. The number of H-pyrrole nitrogens is 1. The molecule has 36 heavy (non-hydrogen) atoms. The predicted octanol–water partition coefficient (Wildman–Crippen LogP) is 5.49. The molecule has 1 aromatic heterocycles. The first kappa shape index (κ1) is 25.2. The van der Waals surface area contributed by atoms with Gasteiger partial charge in [-0.05, 0) is 67.4 Å². The van der Waals surface area contributed by atoms with Crippen molar-refractivity contribution in [1.29, 1.82) is 0 Å². The molecule has 3 N–H and O–H groups in total. The number of fused-ring (bicyclic) bond motifs is 1. The van der Waals surface area contributed by atoms with Gasteiger partial charge in [-0.2, -0.15) is 5.10 Å². The third-order valence-corrected chi connectivity index (χ3v) is 7.03. The van der Waals surface area contributed by atoms with E-state index in [2.05, 4.69) is 20.8 Å². The molecule has 1 aliphatic rings. The van der Waals surface area contributed by atoms with Gasteiger partial charge in [-0.3, -0.25) is 14.1 Å². The number of nitrogens with zero attached hydrogens (tertiary/aromatic N) is 1. The average molecular weight is 507 g/mol. The van der Waals surface area contributed by atoms with Crippen LogP contribution in [-0.2, 0) is 15.6 Å². The fraction of sp³-hybridized carbons (Fsp3) is 0.259. The summed E-state index contributed by atoms with van der Waals surface area (Å²) in [6, 6.07) is 20.8. The van der Waals surface area contributed by atoms with E-state index in [0.717, 1.165) is 51.6 Å². The van der Waals surface area contributed by atoms with E-state index in [1.807, 2.05) is 67.6 Å². The van der Waals surface area contributed by atoms with Crippen LogP contribution in [0, 0.1) is 5.92 Å². The molecule has 0 aliphatic heterocycles. The lowest BCUT2D eigenvalue weighted by Crippen LogP contribution is -2.12. The molecule has 4 aromatic rings. The molecule has 1 aliphatic carbocycles. The third kappa shape index (κ3) is 6.23. The molecule has 1 amide bonds. The number of para-hydroxylation sites is 1. The maximum atomic E-state index is 11.9. The zero-order valence-electron chi connectivity index (χ0n) is 20.5. The molecule has 3 aromatic carbocycles. The van der Waals surface area contributed by atoms with Crippen LogP contribution in [0.25, 0.3) is 10.9 Å². The molecule has 1 heterocycles. The highest BCUT2D eigenvalue weighted by Gasteiger charge is 2.29. The zero-order valence-corrected chi connectivity index (χ0v) is 21.4. The number of carbonyl (C=O) groups excluding carboxylic acids is 1. The molecule has 5 rings (SSSR count). The van der Waals surface area contributed by atoms with Gasteiger partial charge < -0.3 is 20.1 Å². The standard InChI is InChI=1S/C16H17N3O2S.C11H13NO2/c1-3-22(20)11-8-9-14(15(10-11)21-2)17-16-12-6-4-5-7-13(12)18-19-16;1-14-10-6-4-9(5-7-10)12-11(13)8-2-3-8/h4-10H,3H2,1-2H3,(H2,17,18,19);4-8H,2-3H2,1H3,(H,12,13). The van der Waals surface area contributed by atoms with Gasteiger partial charge in [-0.25, -0.2) is 0 Å². The van der Waals surface area contributed by atoms with Crippen LogP contribution in [0.4, 0.5) is 17.2 Å². The maximum absolute atomic E-state index is 11.9. The number of hydrogen-bond acceptors (Lipinski definition) is 6. The lowest BCUT2D eigenvalue weighted by atomic mass is 10.2. The molecule has 1 unspecified atom stereocenters. The highest BCUT2D eigenvalue weighted by atomic mass is 32.2. The van der Waals surface area contributed by atoms with E-state index in [1.54, 1.807) is 20.3 Å². The van der Waals surface area contributed by atoms with Crippen LogP contribution in [0.2, 0.25) is 0 Å². The van der Waals surface area contributed by atoms with Gasteiger partial charge >= 0.3 is 0 Å². The van der Waals surface area contributed by atoms with Crippen LogP contribution in [0.5, 0.6) is 11.5 Å². The molecule has 0 spiro atoms. The molecule has 1 saturated carbocycles. The van der Waals surface area contributed by atoms with Crippen molar-refractivity contribution in [2.75, 3.05) is 30.6 Å². The number of carbonyl (C=O) groups is 1. The van der Waals surface area contributed by atoms with Gasteiger partial charge in [0.2, 0.25) is 5.91 Å². The summed E-state index contributed by atoms with van der Waals surface area (Å²) in [5.74, 6) is 3.14. The summed E-state index contributed by atoms with van der Waals surface area (Å²) < 4.78 is 22.3. The van der Waals surface area contributed by atoms with Gasteiger partial charge in [0.05, 0.1) is 36.2 Å². The first-order chi connectivity index (χ1) is 17.5. The Kier molecular flexibility index (Phi) is 8.22. The zero-order chi connectivity index (χ0) is 25.5. The number of hydrogen-bond donors (Lipinski definition) is 3. The Hall–Kier alpha value is -3.85. The summed E-state index contributed by atoms with van der Waals surface area (Å²) in [6.45, 7) is 1.89. The quantitative estimate of drug-likeness (QED) is 0.292. The number of rotatable bonds is 8. The molecular weight excluding hydrogens is 476 g/mol. The average Bonchev–Trinajstić information content (AvgIpc) is 3.71. The SMILES string of the molecule is CCS(=O)c1ccc(Nc2n[nH]c3ccccc23)c(OC)c1.COc1ccc(NC(=O)C2CC2)cc1. The van der Waals surface area contributed by atoms with Crippen molar-refractivity contribution in [2.24, 2.45) is 5.92 Å². The van der Waals surface area contributed by atoms with Crippen molar-refractivity contribution in [2.45, 2.75) is 24.7 Å². The van der Waals surface area contributed by atoms with Gasteiger partial charge in [-0.1, -0.05) is 19.1 Å². The van der Waals surface area contributed by atoms with Crippen LogP contribution in [0.1, 0.15) is 19.8 Å². The number of methoxy groups -OCH3 is 2. The fourth-order valence-electron chi connectivity index (χ4n) is 3.53. The van der Waals surface area contributed by atoms with E-state index in [0.29, 0.717) is 11.5 Å². The lowest BCUT2D eigenvalue weighted by Gasteiger charge is -2.11. The number of aromatic nitrogens is 2. The highest BCUT2D eigenvalue weighted by molar-refractivity contribution is 7.85. The van der Waals surface area contributed by atoms with Crippen molar-refractivity contribution in [3.63, 3.8) is 0 Å². The maximum Gasteiger partial charge on any atom is 0.227 e. The summed E-state index contributed by atoms with van der Waals surface area (Å²) >= 11 is 0. The summed E-state index contributed by atoms with van der Waals surface area (Å²) in [6.07, 6.45) is 2.06. The minimum atomic E-state index is -1.00. The number of aromatic amines is 1. The van der Waals surface area contributed by atoms with Crippen molar-refractivity contribution in [3.05, 3.63) is 66.7 Å².